The highest BCUT2D eigenvalue weighted by Gasteiger charge is 2.63. The largest absolute Gasteiger partial charge is 0.481 e. The molecule has 0 aromatic rings. The van der Waals surface area contributed by atoms with Crippen molar-refractivity contribution < 1.29 is 38.9 Å². The number of esters is 2. The number of hydrogen-bond donors (Lipinski definition) is 2. The molecule has 4 bridgehead atoms. The highest BCUT2D eigenvalue weighted by atomic mass is 16.5. The van der Waals surface area contributed by atoms with Crippen LogP contribution in [0.2, 0.25) is 0 Å². The van der Waals surface area contributed by atoms with Crippen molar-refractivity contribution in [3.8, 4) is 0 Å². The third-order valence-corrected chi connectivity index (χ3v) is 7.83. The summed E-state index contributed by atoms with van der Waals surface area (Å²) in [6, 6.07) is 0. The van der Waals surface area contributed by atoms with Gasteiger partial charge in [-0.3, -0.25) is 19.2 Å². The Morgan fingerprint density at radius 1 is 0.571 bits per heavy atom. The van der Waals surface area contributed by atoms with E-state index in [1.807, 2.05) is 0 Å². The first-order valence-corrected chi connectivity index (χ1v) is 9.73. The first-order valence-electron chi connectivity index (χ1n) is 9.73. The fraction of sp³-hybridized carbons (Fsp3) is 0.800. The molecule has 0 aliphatic heterocycles. The predicted octanol–water partition coefficient (Wildman–Crippen LogP) is 2.39. The number of aliphatic carboxylic acids is 2. The summed E-state index contributed by atoms with van der Waals surface area (Å²) in [4.78, 5) is 45.3. The van der Waals surface area contributed by atoms with E-state index >= 15 is 0 Å². The molecule has 28 heavy (non-hydrogen) atoms. The zero-order valence-electron chi connectivity index (χ0n) is 16.4. The molecular formula is C20H28O8. The van der Waals surface area contributed by atoms with Crippen molar-refractivity contribution in [2.45, 2.75) is 64.2 Å². The lowest BCUT2D eigenvalue weighted by atomic mass is 9.82. The molecule has 0 aromatic carbocycles. The molecule has 4 aliphatic carbocycles. The van der Waals surface area contributed by atoms with Gasteiger partial charge in [0.15, 0.2) is 0 Å². The second kappa shape index (κ2) is 6.74. The number of carboxylic acids is 2. The Balaban J connectivity index is 0.000000162. The first-order chi connectivity index (χ1) is 13.1. The Morgan fingerprint density at radius 3 is 1.04 bits per heavy atom. The van der Waals surface area contributed by atoms with E-state index in [0.717, 1.165) is 25.7 Å². The number of carbonyl (C=O) groups excluding carboxylic acids is 2. The zero-order chi connectivity index (χ0) is 20.8. The normalized spacial score (nSPS) is 39.8. The van der Waals surface area contributed by atoms with Crippen molar-refractivity contribution in [3.05, 3.63) is 0 Å². The van der Waals surface area contributed by atoms with Gasteiger partial charge in [0.2, 0.25) is 0 Å². The summed E-state index contributed by atoms with van der Waals surface area (Å²) in [6.07, 6.45) is 6.13. The van der Waals surface area contributed by atoms with Gasteiger partial charge in [0.1, 0.15) is 0 Å². The molecule has 8 heteroatoms. The third kappa shape index (κ3) is 2.88. The van der Waals surface area contributed by atoms with Gasteiger partial charge in [0.05, 0.1) is 35.9 Å². The van der Waals surface area contributed by atoms with Crippen LogP contribution < -0.4 is 0 Å². The van der Waals surface area contributed by atoms with Gasteiger partial charge in [-0.2, -0.15) is 0 Å². The molecule has 0 amide bonds. The smallest absolute Gasteiger partial charge is 0.311 e. The highest BCUT2D eigenvalue weighted by molar-refractivity contribution is 5.84. The lowest BCUT2D eigenvalue weighted by Gasteiger charge is -2.24. The van der Waals surface area contributed by atoms with Crippen molar-refractivity contribution in [1.82, 2.24) is 0 Å². The van der Waals surface area contributed by atoms with Crippen molar-refractivity contribution in [3.63, 3.8) is 0 Å². The zero-order valence-corrected chi connectivity index (χ0v) is 16.4. The van der Waals surface area contributed by atoms with Crippen molar-refractivity contribution in [2.75, 3.05) is 14.2 Å². The van der Waals surface area contributed by atoms with Crippen LogP contribution in [0.25, 0.3) is 0 Å². The summed E-state index contributed by atoms with van der Waals surface area (Å²) in [6.45, 7) is 0. The Morgan fingerprint density at radius 2 is 0.821 bits per heavy atom. The number of hydrogen-bond acceptors (Lipinski definition) is 6. The van der Waals surface area contributed by atoms with Crippen LogP contribution in [0.3, 0.4) is 0 Å². The Bertz CT molecular complexity index is 635. The van der Waals surface area contributed by atoms with Gasteiger partial charge in [-0.05, 0) is 64.2 Å². The fourth-order valence-electron chi connectivity index (χ4n) is 5.98. The SMILES string of the molecule is COC(=O)C12CCC(C(=O)OC)(CC1)C2.O=C(O)C12CCC(C(=O)O)(CC1)C2. The van der Waals surface area contributed by atoms with Gasteiger partial charge in [-0.25, -0.2) is 0 Å². The van der Waals surface area contributed by atoms with Crippen LogP contribution in [0, 0.1) is 21.7 Å². The number of carbonyl (C=O) groups is 4. The molecule has 0 spiro atoms. The summed E-state index contributed by atoms with van der Waals surface area (Å²) >= 11 is 0. The first kappa shape index (κ1) is 20.6. The van der Waals surface area contributed by atoms with E-state index in [2.05, 4.69) is 0 Å². The Hall–Kier alpha value is -2.12. The summed E-state index contributed by atoms with van der Waals surface area (Å²) < 4.78 is 9.64. The number of ether oxygens (including phenoxy) is 2. The van der Waals surface area contributed by atoms with Crippen LogP contribution in [-0.2, 0) is 28.7 Å². The number of carboxylic acid groups (broad SMARTS) is 2. The molecule has 0 radical (unpaired) electrons. The van der Waals surface area contributed by atoms with E-state index in [9.17, 15) is 19.2 Å². The molecule has 0 unspecified atom stereocenters. The molecular weight excluding hydrogens is 368 g/mol. The maximum absolute atomic E-state index is 11.7. The van der Waals surface area contributed by atoms with Gasteiger partial charge in [-0.15, -0.1) is 0 Å². The van der Waals surface area contributed by atoms with Crippen LogP contribution in [0.15, 0.2) is 0 Å². The van der Waals surface area contributed by atoms with Crippen LogP contribution >= 0.6 is 0 Å². The molecule has 0 heterocycles. The van der Waals surface area contributed by atoms with E-state index in [1.165, 1.54) is 14.2 Å². The van der Waals surface area contributed by atoms with Crippen LogP contribution in [0.4, 0.5) is 0 Å². The van der Waals surface area contributed by atoms with E-state index in [4.69, 9.17) is 19.7 Å². The highest BCUT2D eigenvalue weighted by Crippen LogP contribution is 2.63. The lowest BCUT2D eigenvalue weighted by Crippen LogP contribution is -2.27. The summed E-state index contributed by atoms with van der Waals surface area (Å²) in [5.41, 5.74) is -2.22. The van der Waals surface area contributed by atoms with Crippen LogP contribution in [-0.4, -0.2) is 48.3 Å². The molecule has 156 valence electrons. The summed E-state index contributed by atoms with van der Waals surface area (Å²) in [5.74, 6) is -1.95. The molecule has 4 aliphatic rings. The second-order valence-electron chi connectivity index (χ2n) is 9.07. The number of rotatable bonds is 4. The van der Waals surface area contributed by atoms with Crippen LogP contribution in [0.5, 0.6) is 0 Å². The maximum Gasteiger partial charge on any atom is 0.311 e. The maximum atomic E-state index is 11.7. The van der Waals surface area contributed by atoms with E-state index in [0.29, 0.717) is 38.5 Å². The van der Waals surface area contributed by atoms with Crippen LogP contribution in [0.1, 0.15) is 64.2 Å². The topological polar surface area (TPSA) is 127 Å². The average molecular weight is 396 g/mol. The lowest BCUT2D eigenvalue weighted by molar-refractivity contribution is -0.153. The Kier molecular flexibility index (Phi) is 4.96. The molecule has 0 saturated heterocycles. The van der Waals surface area contributed by atoms with Gasteiger partial charge in [0.25, 0.3) is 0 Å². The van der Waals surface area contributed by atoms with E-state index < -0.39 is 33.6 Å². The van der Waals surface area contributed by atoms with Gasteiger partial charge < -0.3 is 19.7 Å². The average Bonchev–Trinajstić information content (AvgIpc) is 3.45. The number of fused-ring (bicyclic) bond motifs is 4. The second-order valence-corrected chi connectivity index (χ2v) is 9.07. The van der Waals surface area contributed by atoms with Gasteiger partial charge >= 0.3 is 23.9 Å². The monoisotopic (exact) mass is 396 g/mol. The molecule has 4 saturated carbocycles. The van der Waals surface area contributed by atoms with Crippen molar-refractivity contribution in [1.29, 1.82) is 0 Å². The Labute approximate surface area is 163 Å². The summed E-state index contributed by atoms with van der Waals surface area (Å²) in [7, 11) is 2.82. The molecule has 8 nitrogen and oxygen atoms in total. The molecule has 4 rings (SSSR count). The molecule has 0 aromatic heterocycles. The minimum atomic E-state index is -0.812. The van der Waals surface area contributed by atoms with Gasteiger partial charge in [0, 0.05) is 0 Å². The molecule has 2 N–H and O–H groups in total. The summed E-state index contributed by atoms with van der Waals surface area (Å²) in [5, 5.41) is 18.0. The fourth-order valence-corrected chi connectivity index (χ4v) is 5.98. The minimum absolute atomic E-state index is 0.161. The quantitative estimate of drug-likeness (QED) is 0.694. The third-order valence-electron chi connectivity index (χ3n) is 7.83. The van der Waals surface area contributed by atoms with Crippen molar-refractivity contribution in [2.24, 2.45) is 21.7 Å². The van der Waals surface area contributed by atoms with Gasteiger partial charge in [-0.1, -0.05) is 0 Å². The molecule has 4 fully saturated rings. The standard InChI is InChI=1S/C11H16O4.C9H12O4/c1-14-8(12)10-3-5-11(7-10,6-4-10)9(13)15-2;10-6(11)8-1-2-9(5-8,4-3-8)7(12)13/h3-7H2,1-2H3;1-5H2,(H,10,11)(H,12,13). The molecule has 0 atom stereocenters. The van der Waals surface area contributed by atoms with Crippen molar-refractivity contribution >= 4 is 23.9 Å². The van der Waals surface area contributed by atoms with E-state index in [1.54, 1.807) is 0 Å². The number of methoxy groups -OCH3 is 2. The van der Waals surface area contributed by atoms with E-state index in [-0.39, 0.29) is 11.9 Å². The minimum Gasteiger partial charge on any atom is -0.481 e. The predicted molar refractivity (Wildman–Crippen MR) is 95.2 cm³/mol.